The molecule has 1 aromatic heterocycles. The minimum atomic E-state index is -0.849. The van der Waals surface area contributed by atoms with E-state index in [4.69, 9.17) is 9.84 Å². The van der Waals surface area contributed by atoms with Gasteiger partial charge in [-0.15, -0.1) is 0 Å². The number of aliphatic carboxylic acids is 1. The molecule has 1 fully saturated rings. The first-order valence-corrected chi connectivity index (χ1v) is 4.94. The van der Waals surface area contributed by atoms with Crippen molar-refractivity contribution in [1.29, 1.82) is 0 Å². The van der Waals surface area contributed by atoms with E-state index in [0.717, 1.165) is 18.9 Å². The molecule has 15 heavy (non-hydrogen) atoms. The Bertz CT molecular complexity index is 366. The summed E-state index contributed by atoms with van der Waals surface area (Å²) in [7, 11) is 0. The fourth-order valence-electron chi connectivity index (χ4n) is 1.77. The second kappa shape index (κ2) is 3.66. The maximum absolute atomic E-state index is 10.5. The third kappa shape index (κ3) is 2.02. The number of carbonyl (C=O) groups is 1. The topological polar surface area (TPSA) is 75.2 Å². The third-order valence-electron chi connectivity index (χ3n) is 2.76. The van der Waals surface area contributed by atoms with Gasteiger partial charge in [0.15, 0.2) is 0 Å². The van der Waals surface area contributed by atoms with E-state index in [1.165, 1.54) is 0 Å². The fraction of sp³-hybridized carbons (Fsp3) is 0.600. The molecule has 5 nitrogen and oxygen atoms in total. The van der Waals surface area contributed by atoms with Crippen molar-refractivity contribution in [3.63, 3.8) is 0 Å². The van der Waals surface area contributed by atoms with Crippen LogP contribution in [0.25, 0.3) is 0 Å². The first-order chi connectivity index (χ1) is 7.10. The predicted octanol–water partition coefficient (Wildman–Crippen LogP) is 0.715. The highest BCUT2D eigenvalue weighted by Crippen LogP contribution is 2.30. The number of nitrogens with one attached hydrogen (secondary N) is 1. The standard InChI is InChI=1S/C10H14N2O3/c1-10(2-3-15-6-10)9-11-5-7(12-9)4-8(13)14/h5H,2-4,6H2,1H3,(H,11,12)(H,13,14). The number of ether oxygens (including phenoxy) is 1. The van der Waals surface area contributed by atoms with Crippen molar-refractivity contribution < 1.29 is 14.6 Å². The Labute approximate surface area is 87.5 Å². The molecule has 0 spiro atoms. The maximum Gasteiger partial charge on any atom is 0.309 e. The number of rotatable bonds is 3. The van der Waals surface area contributed by atoms with Gasteiger partial charge in [-0.3, -0.25) is 4.79 Å². The van der Waals surface area contributed by atoms with Gasteiger partial charge >= 0.3 is 5.97 Å². The SMILES string of the molecule is CC1(c2ncc(CC(=O)O)[nH]2)CCOC1. The number of carboxylic acids is 1. The average Bonchev–Trinajstić information content (AvgIpc) is 2.74. The van der Waals surface area contributed by atoms with Crippen molar-refractivity contribution in [1.82, 2.24) is 9.97 Å². The lowest BCUT2D eigenvalue weighted by Gasteiger charge is -2.17. The Morgan fingerprint density at radius 1 is 1.80 bits per heavy atom. The second-order valence-electron chi connectivity index (χ2n) is 4.19. The van der Waals surface area contributed by atoms with Crippen LogP contribution in [-0.2, 0) is 21.4 Å². The zero-order valence-electron chi connectivity index (χ0n) is 8.62. The minimum absolute atomic E-state index is 0.00998. The molecule has 2 heterocycles. The van der Waals surface area contributed by atoms with E-state index < -0.39 is 5.97 Å². The van der Waals surface area contributed by atoms with Crippen LogP contribution in [0.5, 0.6) is 0 Å². The highest BCUT2D eigenvalue weighted by atomic mass is 16.5. The van der Waals surface area contributed by atoms with E-state index in [0.29, 0.717) is 12.3 Å². The van der Waals surface area contributed by atoms with E-state index >= 15 is 0 Å². The second-order valence-corrected chi connectivity index (χ2v) is 4.19. The molecule has 2 rings (SSSR count). The minimum Gasteiger partial charge on any atom is -0.481 e. The van der Waals surface area contributed by atoms with Gasteiger partial charge in [-0.05, 0) is 6.42 Å². The molecule has 0 aliphatic carbocycles. The summed E-state index contributed by atoms with van der Waals surface area (Å²) in [6.07, 6.45) is 2.50. The average molecular weight is 210 g/mol. The molecule has 0 radical (unpaired) electrons. The van der Waals surface area contributed by atoms with E-state index in [2.05, 4.69) is 16.9 Å². The molecule has 1 aliphatic heterocycles. The van der Waals surface area contributed by atoms with Crippen LogP contribution in [0.15, 0.2) is 6.20 Å². The Kier molecular flexibility index (Phi) is 2.48. The molecule has 1 aliphatic rings. The fourth-order valence-corrected chi connectivity index (χ4v) is 1.77. The van der Waals surface area contributed by atoms with Crippen molar-refractivity contribution in [3.8, 4) is 0 Å². The molecule has 5 heteroatoms. The lowest BCUT2D eigenvalue weighted by molar-refractivity contribution is -0.136. The highest BCUT2D eigenvalue weighted by molar-refractivity contribution is 5.69. The van der Waals surface area contributed by atoms with Crippen molar-refractivity contribution in [2.45, 2.75) is 25.2 Å². The summed E-state index contributed by atoms with van der Waals surface area (Å²) >= 11 is 0. The van der Waals surface area contributed by atoms with E-state index in [-0.39, 0.29) is 11.8 Å². The number of nitrogens with zero attached hydrogens (tertiary/aromatic N) is 1. The van der Waals surface area contributed by atoms with Crippen LogP contribution in [0, 0.1) is 0 Å². The van der Waals surface area contributed by atoms with Gasteiger partial charge in [0.25, 0.3) is 0 Å². The van der Waals surface area contributed by atoms with Crippen LogP contribution in [-0.4, -0.2) is 34.3 Å². The number of hydrogen-bond acceptors (Lipinski definition) is 3. The molecular weight excluding hydrogens is 196 g/mol. The largest absolute Gasteiger partial charge is 0.481 e. The smallest absolute Gasteiger partial charge is 0.309 e. The number of aromatic amines is 1. The van der Waals surface area contributed by atoms with Crippen LogP contribution in [0.1, 0.15) is 24.9 Å². The van der Waals surface area contributed by atoms with Crippen molar-refractivity contribution in [3.05, 3.63) is 17.7 Å². The Morgan fingerprint density at radius 2 is 2.60 bits per heavy atom. The van der Waals surface area contributed by atoms with Crippen LogP contribution >= 0.6 is 0 Å². The van der Waals surface area contributed by atoms with Gasteiger partial charge in [-0.2, -0.15) is 0 Å². The Morgan fingerprint density at radius 3 is 3.20 bits per heavy atom. The Hall–Kier alpha value is -1.36. The van der Waals surface area contributed by atoms with Gasteiger partial charge in [0, 0.05) is 18.5 Å². The van der Waals surface area contributed by atoms with Gasteiger partial charge in [0.2, 0.25) is 0 Å². The summed E-state index contributed by atoms with van der Waals surface area (Å²) in [5.74, 6) is -0.0192. The van der Waals surface area contributed by atoms with Crippen LogP contribution in [0.4, 0.5) is 0 Å². The van der Waals surface area contributed by atoms with Gasteiger partial charge in [-0.25, -0.2) is 4.98 Å². The molecule has 1 unspecified atom stereocenters. The molecule has 2 N–H and O–H groups in total. The maximum atomic E-state index is 10.5. The first-order valence-electron chi connectivity index (χ1n) is 4.94. The summed E-state index contributed by atoms with van der Waals surface area (Å²) in [5, 5.41) is 8.63. The molecule has 0 saturated carbocycles. The van der Waals surface area contributed by atoms with Gasteiger partial charge in [0.05, 0.1) is 18.4 Å². The normalized spacial score (nSPS) is 25.7. The van der Waals surface area contributed by atoms with Crippen LogP contribution in [0.3, 0.4) is 0 Å². The summed E-state index contributed by atoms with van der Waals surface area (Å²) in [4.78, 5) is 17.8. The van der Waals surface area contributed by atoms with Crippen LogP contribution < -0.4 is 0 Å². The lowest BCUT2D eigenvalue weighted by atomic mass is 9.89. The quantitative estimate of drug-likeness (QED) is 0.770. The number of carboxylic acid groups (broad SMARTS) is 1. The number of hydrogen-bond donors (Lipinski definition) is 2. The van der Waals surface area contributed by atoms with Gasteiger partial charge in [-0.1, -0.05) is 6.92 Å². The Balaban J connectivity index is 2.15. The summed E-state index contributed by atoms with van der Waals surface area (Å²) < 4.78 is 5.33. The number of H-pyrrole nitrogens is 1. The highest BCUT2D eigenvalue weighted by Gasteiger charge is 2.34. The molecule has 1 aromatic rings. The molecule has 0 amide bonds. The molecule has 82 valence electrons. The molecule has 0 bridgehead atoms. The lowest BCUT2D eigenvalue weighted by Crippen LogP contribution is -2.23. The zero-order chi connectivity index (χ0) is 10.9. The van der Waals surface area contributed by atoms with Crippen molar-refractivity contribution >= 4 is 5.97 Å². The van der Waals surface area contributed by atoms with Gasteiger partial charge < -0.3 is 14.8 Å². The van der Waals surface area contributed by atoms with Crippen LogP contribution in [0.2, 0.25) is 0 Å². The first kappa shape index (κ1) is 10.2. The zero-order valence-corrected chi connectivity index (χ0v) is 8.62. The summed E-state index contributed by atoms with van der Waals surface area (Å²) in [6.45, 7) is 3.46. The third-order valence-corrected chi connectivity index (χ3v) is 2.76. The predicted molar refractivity (Wildman–Crippen MR) is 52.7 cm³/mol. The van der Waals surface area contributed by atoms with E-state index in [1.54, 1.807) is 6.20 Å². The monoisotopic (exact) mass is 210 g/mol. The molecule has 1 atom stereocenters. The number of aromatic nitrogens is 2. The van der Waals surface area contributed by atoms with Crippen molar-refractivity contribution in [2.24, 2.45) is 0 Å². The number of imidazole rings is 1. The van der Waals surface area contributed by atoms with Crippen molar-refractivity contribution in [2.75, 3.05) is 13.2 Å². The molecule has 0 aromatic carbocycles. The summed E-state index contributed by atoms with van der Waals surface area (Å²) in [6, 6.07) is 0. The summed E-state index contributed by atoms with van der Waals surface area (Å²) in [5.41, 5.74) is 0.558. The van der Waals surface area contributed by atoms with E-state index in [1.807, 2.05) is 0 Å². The van der Waals surface area contributed by atoms with Gasteiger partial charge in [0.1, 0.15) is 5.82 Å². The van der Waals surface area contributed by atoms with E-state index in [9.17, 15) is 4.79 Å². The molecule has 1 saturated heterocycles. The molecular formula is C10H14N2O3.